The molecule has 138 valence electrons. The highest BCUT2D eigenvalue weighted by Crippen LogP contribution is 2.41. The molecule has 1 aromatic carbocycles. The topological polar surface area (TPSA) is 65.6 Å². The van der Waals surface area contributed by atoms with E-state index in [4.69, 9.17) is 4.74 Å². The fourth-order valence-corrected chi connectivity index (χ4v) is 4.85. The molecule has 1 fully saturated rings. The number of aliphatic hydroxyl groups excluding tert-OH is 1. The number of aromatic nitrogens is 1. The van der Waals surface area contributed by atoms with E-state index >= 15 is 0 Å². The molecule has 1 saturated heterocycles. The molecule has 4 rings (SSSR count). The summed E-state index contributed by atoms with van der Waals surface area (Å²) in [6, 6.07) is 6.11. The minimum absolute atomic E-state index is 0.0765. The number of ketones is 1. The summed E-state index contributed by atoms with van der Waals surface area (Å²) in [4.78, 5) is 18.8. The van der Waals surface area contributed by atoms with Crippen LogP contribution in [0.1, 0.15) is 29.4 Å². The van der Waals surface area contributed by atoms with Gasteiger partial charge < -0.3 is 14.8 Å². The summed E-state index contributed by atoms with van der Waals surface area (Å²) in [5.41, 5.74) is 4.01. The number of nitrogens with zero attached hydrogens (tertiary/aromatic N) is 1. The van der Waals surface area contributed by atoms with Gasteiger partial charge in [0.2, 0.25) is 0 Å². The summed E-state index contributed by atoms with van der Waals surface area (Å²) >= 11 is 0. The van der Waals surface area contributed by atoms with E-state index in [1.807, 2.05) is 25.1 Å². The highest BCUT2D eigenvalue weighted by atomic mass is 16.5. The van der Waals surface area contributed by atoms with Crippen LogP contribution in [0.15, 0.2) is 29.8 Å². The SMILES string of the molecule is C/C=C1\CN(C)[C@H]2Cc3c([nH]c4ccc(OC)cc34)C(=O)C[C@H]1C2CO. The first kappa shape index (κ1) is 17.3. The lowest BCUT2D eigenvalue weighted by atomic mass is 9.71. The molecule has 5 heteroatoms. The van der Waals surface area contributed by atoms with Crippen molar-refractivity contribution in [3.63, 3.8) is 0 Å². The third-order valence-electron chi connectivity index (χ3n) is 6.28. The average Bonchev–Trinajstić information content (AvgIpc) is 3.00. The normalized spacial score (nSPS) is 28.1. The standard InChI is InChI=1S/C21H26N2O3/c1-4-12-10-23(2)19-8-16-15-7-13(26-3)5-6-18(15)22-21(16)20(25)9-14(12)17(19)11-24/h4-7,14,17,19,22,24H,8-11H2,1-3H3/b12-4+/t14-,17?,19+/m1/s1. The number of allylic oxidation sites excluding steroid dienone is 1. The number of likely N-dealkylation sites (tertiary alicyclic amines) is 1. The number of carbonyl (C=O) groups excluding carboxylic acids is 1. The van der Waals surface area contributed by atoms with E-state index < -0.39 is 0 Å². The molecular formula is C21H26N2O3. The van der Waals surface area contributed by atoms with Crippen LogP contribution in [-0.2, 0) is 6.42 Å². The molecule has 0 amide bonds. The largest absolute Gasteiger partial charge is 0.497 e. The van der Waals surface area contributed by atoms with Gasteiger partial charge in [0, 0.05) is 42.4 Å². The van der Waals surface area contributed by atoms with Gasteiger partial charge in [-0.05, 0) is 50.1 Å². The Bertz CT molecular complexity index is 883. The molecule has 1 unspecified atom stereocenters. The lowest BCUT2D eigenvalue weighted by Gasteiger charge is -2.46. The number of Topliss-reactive ketones (excluding diaryl/α,β-unsaturated/α-hetero) is 1. The molecule has 0 saturated carbocycles. The number of hydrogen-bond donors (Lipinski definition) is 2. The first-order valence-electron chi connectivity index (χ1n) is 9.25. The van der Waals surface area contributed by atoms with Crippen LogP contribution in [0.5, 0.6) is 5.75 Å². The molecule has 5 nitrogen and oxygen atoms in total. The van der Waals surface area contributed by atoms with Gasteiger partial charge in [-0.25, -0.2) is 0 Å². The van der Waals surface area contributed by atoms with Crippen LogP contribution < -0.4 is 4.74 Å². The number of benzene rings is 1. The van der Waals surface area contributed by atoms with E-state index in [0.717, 1.165) is 40.9 Å². The quantitative estimate of drug-likeness (QED) is 0.814. The Morgan fingerprint density at radius 1 is 1.38 bits per heavy atom. The lowest BCUT2D eigenvalue weighted by Crippen LogP contribution is -2.52. The molecule has 3 atom stereocenters. The summed E-state index contributed by atoms with van der Waals surface area (Å²) in [6.07, 6.45) is 3.32. The van der Waals surface area contributed by atoms with Crippen LogP contribution in [-0.4, -0.2) is 54.1 Å². The Morgan fingerprint density at radius 3 is 2.88 bits per heavy atom. The van der Waals surface area contributed by atoms with Gasteiger partial charge in [-0.3, -0.25) is 9.69 Å². The number of fused-ring (bicyclic) bond motifs is 5. The van der Waals surface area contributed by atoms with E-state index in [9.17, 15) is 9.90 Å². The third kappa shape index (κ3) is 2.58. The second-order valence-corrected chi connectivity index (χ2v) is 7.52. The van der Waals surface area contributed by atoms with Gasteiger partial charge >= 0.3 is 0 Å². The summed E-state index contributed by atoms with van der Waals surface area (Å²) in [5, 5.41) is 11.2. The van der Waals surface area contributed by atoms with Gasteiger partial charge in [0.1, 0.15) is 5.75 Å². The van der Waals surface area contributed by atoms with Crippen molar-refractivity contribution in [2.24, 2.45) is 11.8 Å². The van der Waals surface area contributed by atoms with Crippen LogP contribution in [0.4, 0.5) is 0 Å². The van der Waals surface area contributed by atoms with Crippen molar-refractivity contribution in [3.8, 4) is 5.75 Å². The van der Waals surface area contributed by atoms with E-state index in [1.165, 1.54) is 5.57 Å². The Balaban J connectivity index is 1.89. The van der Waals surface area contributed by atoms with Crippen molar-refractivity contribution in [2.75, 3.05) is 27.3 Å². The zero-order valence-electron chi connectivity index (χ0n) is 15.6. The van der Waals surface area contributed by atoms with Crippen molar-refractivity contribution in [1.29, 1.82) is 0 Å². The van der Waals surface area contributed by atoms with E-state index in [-0.39, 0.29) is 30.3 Å². The predicted molar refractivity (Wildman–Crippen MR) is 102 cm³/mol. The van der Waals surface area contributed by atoms with Gasteiger partial charge in [0.25, 0.3) is 0 Å². The smallest absolute Gasteiger partial charge is 0.179 e. The highest BCUT2D eigenvalue weighted by molar-refractivity contribution is 6.03. The number of hydrogen-bond acceptors (Lipinski definition) is 4. The Kier molecular flexibility index (Phi) is 4.37. The van der Waals surface area contributed by atoms with Crippen LogP contribution in [0.3, 0.4) is 0 Å². The van der Waals surface area contributed by atoms with Gasteiger partial charge in [0.15, 0.2) is 5.78 Å². The van der Waals surface area contributed by atoms with E-state index in [1.54, 1.807) is 7.11 Å². The number of H-pyrrole nitrogens is 1. The Hall–Kier alpha value is -2.11. The molecule has 2 heterocycles. The summed E-state index contributed by atoms with van der Waals surface area (Å²) in [6.45, 7) is 2.99. The van der Waals surface area contributed by atoms with Gasteiger partial charge in [-0.1, -0.05) is 11.6 Å². The molecular weight excluding hydrogens is 328 g/mol. The van der Waals surface area contributed by atoms with Crippen molar-refractivity contribution < 1.29 is 14.6 Å². The van der Waals surface area contributed by atoms with Crippen molar-refractivity contribution in [1.82, 2.24) is 9.88 Å². The number of ether oxygens (including phenoxy) is 1. The number of likely N-dealkylation sites (N-methyl/N-ethyl adjacent to an activating group) is 1. The maximum Gasteiger partial charge on any atom is 0.179 e. The molecule has 2 aliphatic rings. The highest BCUT2D eigenvalue weighted by Gasteiger charge is 2.42. The minimum Gasteiger partial charge on any atom is -0.497 e. The second-order valence-electron chi connectivity index (χ2n) is 7.52. The molecule has 0 spiro atoms. The molecule has 2 aromatic rings. The number of carbonyl (C=O) groups is 1. The summed E-state index contributed by atoms with van der Waals surface area (Å²) < 4.78 is 5.38. The fourth-order valence-electron chi connectivity index (χ4n) is 4.85. The zero-order valence-corrected chi connectivity index (χ0v) is 15.6. The van der Waals surface area contributed by atoms with Gasteiger partial charge in [-0.15, -0.1) is 0 Å². The van der Waals surface area contributed by atoms with Gasteiger partial charge in [-0.2, -0.15) is 0 Å². The molecule has 1 aromatic heterocycles. The Morgan fingerprint density at radius 2 is 2.19 bits per heavy atom. The van der Waals surface area contributed by atoms with Crippen LogP contribution >= 0.6 is 0 Å². The van der Waals surface area contributed by atoms with E-state index in [2.05, 4.69) is 23.0 Å². The van der Waals surface area contributed by atoms with Crippen LogP contribution in [0.25, 0.3) is 10.9 Å². The predicted octanol–water partition coefficient (Wildman–Crippen LogP) is 2.79. The fraction of sp³-hybridized carbons (Fsp3) is 0.476. The number of piperidine rings is 1. The van der Waals surface area contributed by atoms with Crippen molar-refractivity contribution in [3.05, 3.63) is 41.1 Å². The summed E-state index contributed by atoms with van der Waals surface area (Å²) in [5.74, 6) is 1.12. The minimum atomic E-state index is 0.0765. The zero-order chi connectivity index (χ0) is 18.4. The molecule has 1 aliphatic carbocycles. The first-order chi connectivity index (χ1) is 12.6. The van der Waals surface area contributed by atoms with Crippen LogP contribution in [0, 0.1) is 11.8 Å². The monoisotopic (exact) mass is 354 g/mol. The molecule has 2 bridgehead atoms. The lowest BCUT2D eigenvalue weighted by molar-refractivity contribution is 0.0518. The number of nitrogens with one attached hydrogen (secondary N) is 1. The molecule has 26 heavy (non-hydrogen) atoms. The number of aliphatic hydroxyl groups is 1. The number of methoxy groups -OCH3 is 1. The number of rotatable bonds is 2. The molecule has 2 N–H and O–H groups in total. The maximum absolute atomic E-state index is 13.1. The van der Waals surface area contributed by atoms with E-state index in [0.29, 0.717) is 6.42 Å². The van der Waals surface area contributed by atoms with Gasteiger partial charge in [0.05, 0.1) is 12.8 Å². The number of aromatic amines is 1. The van der Waals surface area contributed by atoms with Crippen molar-refractivity contribution in [2.45, 2.75) is 25.8 Å². The van der Waals surface area contributed by atoms with Crippen LogP contribution in [0.2, 0.25) is 0 Å². The third-order valence-corrected chi connectivity index (χ3v) is 6.28. The second kappa shape index (κ2) is 6.56. The molecule has 0 radical (unpaired) electrons. The molecule has 1 aliphatic heterocycles. The van der Waals surface area contributed by atoms with Crippen molar-refractivity contribution >= 4 is 16.7 Å². The average molecular weight is 354 g/mol. The first-order valence-corrected chi connectivity index (χ1v) is 9.25. The summed E-state index contributed by atoms with van der Waals surface area (Å²) in [7, 11) is 3.77. The Labute approximate surface area is 153 Å². The maximum atomic E-state index is 13.1.